The van der Waals surface area contributed by atoms with E-state index in [2.05, 4.69) is 21.2 Å². The molecule has 1 aromatic rings. The van der Waals surface area contributed by atoms with E-state index in [4.69, 9.17) is 0 Å². The topological polar surface area (TPSA) is 83.6 Å². The summed E-state index contributed by atoms with van der Waals surface area (Å²) in [5.74, 6) is -0.226. The minimum Gasteiger partial charge on any atom is -0.312 e. The normalized spacial score (nSPS) is 19.7. The Kier molecular flexibility index (Phi) is 5.48. The molecule has 0 unspecified atom stereocenters. The summed E-state index contributed by atoms with van der Waals surface area (Å²) in [6.07, 6.45) is 0. The number of sulfonamides is 1. The predicted octanol–water partition coefficient (Wildman–Crippen LogP) is 1.04. The zero-order valence-corrected chi connectivity index (χ0v) is 15.5. The van der Waals surface area contributed by atoms with Gasteiger partial charge in [0.15, 0.2) is 9.84 Å². The Labute approximate surface area is 137 Å². The van der Waals surface area contributed by atoms with E-state index >= 15 is 0 Å². The number of halogens is 1. The van der Waals surface area contributed by atoms with Crippen molar-refractivity contribution in [3.8, 4) is 0 Å². The minimum absolute atomic E-state index is 0.0233. The second-order valence-electron chi connectivity index (χ2n) is 4.69. The molecule has 0 spiro atoms. The van der Waals surface area contributed by atoms with Crippen molar-refractivity contribution in [2.24, 2.45) is 0 Å². The first kappa shape index (κ1) is 17.4. The van der Waals surface area contributed by atoms with E-state index in [1.807, 2.05) is 6.92 Å². The van der Waals surface area contributed by atoms with Crippen molar-refractivity contribution in [1.29, 1.82) is 0 Å². The molecule has 1 saturated heterocycles. The van der Waals surface area contributed by atoms with Crippen LogP contribution in [0.15, 0.2) is 14.7 Å². The van der Waals surface area contributed by atoms with Crippen molar-refractivity contribution in [2.45, 2.75) is 18.4 Å². The molecule has 120 valence electrons. The number of sulfone groups is 1. The van der Waals surface area contributed by atoms with Gasteiger partial charge in [-0.3, -0.25) is 0 Å². The van der Waals surface area contributed by atoms with Crippen LogP contribution in [0.3, 0.4) is 0 Å². The highest BCUT2D eigenvalue weighted by molar-refractivity contribution is 9.11. The first-order chi connectivity index (χ1) is 9.76. The van der Waals surface area contributed by atoms with Gasteiger partial charge in [0.1, 0.15) is 4.90 Å². The van der Waals surface area contributed by atoms with Crippen LogP contribution >= 0.6 is 27.3 Å². The van der Waals surface area contributed by atoms with E-state index in [1.165, 1.54) is 15.6 Å². The van der Waals surface area contributed by atoms with Crippen molar-refractivity contribution >= 4 is 47.1 Å². The Balaban J connectivity index is 2.22. The lowest BCUT2D eigenvalue weighted by molar-refractivity contribution is 0.430. The van der Waals surface area contributed by atoms with E-state index in [0.717, 1.165) is 11.4 Å². The Morgan fingerprint density at radius 3 is 2.57 bits per heavy atom. The maximum atomic E-state index is 12.6. The van der Waals surface area contributed by atoms with Crippen molar-refractivity contribution in [1.82, 2.24) is 9.62 Å². The van der Waals surface area contributed by atoms with Crippen molar-refractivity contribution in [3.63, 3.8) is 0 Å². The molecule has 0 radical (unpaired) electrons. The van der Waals surface area contributed by atoms with Gasteiger partial charge < -0.3 is 5.32 Å². The van der Waals surface area contributed by atoms with Gasteiger partial charge in [-0.05, 0) is 28.5 Å². The van der Waals surface area contributed by atoms with Crippen LogP contribution in [0.5, 0.6) is 0 Å². The molecule has 1 aliphatic rings. The van der Waals surface area contributed by atoms with Gasteiger partial charge >= 0.3 is 0 Å². The number of thiophene rings is 1. The Bertz CT molecular complexity index is 698. The maximum Gasteiger partial charge on any atom is 0.245 e. The van der Waals surface area contributed by atoms with Crippen molar-refractivity contribution in [2.75, 3.05) is 31.1 Å². The van der Waals surface area contributed by atoms with Crippen LogP contribution in [-0.2, 0) is 26.4 Å². The number of hydrogen-bond donors (Lipinski definition) is 1. The molecular weight excluding hydrogens is 400 g/mol. The number of rotatable bonds is 5. The molecule has 21 heavy (non-hydrogen) atoms. The maximum absolute atomic E-state index is 12.6. The SMILES string of the molecule is CCNCc1cc(S(=O)(=O)N2CCS(=O)(=O)CC2)c(Br)s1. The fraction of sp³-hybridized carbons (Fsp3) is 0.636. The molecule has 2 heterocycles. The summed E-state index contributed by atoms with van der Waals surface area (Å²) in [5, 5.41) is 3.15. The van der Waals surface area contributed by atoms with Gasteiger partial charge in [0.2, 0.25) is 10.0 Å². The largest absolute Gasteiger partial charge is 0.312 e. The third-order valence-electron chi connectivity index (χ3n) is 3.18. The molecule has 0 bridgehead atoms. The molecule has 0 aliphatic carbocycles. The zero-order valence-electron chi connectivity index (χ0n) is 11.5. The van der Waals surface area contributed by atoms with Gasteiger partial charge in [-0.15, -0.1) is 11.3 Å². The van der Waals surface area contributed by atoms with Crippen LogP contribution in [0.1, 0.15) is 11.8 Å². The molecular formula is C11H17BrN2O4S3. The van der Waals surface area contributed by atoms with Crippen LogP contribution in [0.25, 0.3) is 0 Å². The molecule has 0 amide bonds. The summed E-state index contributed by atoms with van der Waals surface area (Å²) in [7, 11) is -6.74. The Hall–Kier alpha value is -0.000000000000000194. The molecule has 2 rings (SSSR count). The molecule has 1 aromatic heterocycles. The molecule has 6 nitrogen and oxygen atoms in total. The third kappa shape index (κ3) is 4.05. The van der Waals surface area contributed by atoms with Gasteiger partial charge in [-0.1, -0.05) is 6.92 Å². The first-order valence-electron chi connectivity index (χ1n) is 6.46. The lowest BCUT2D eigenvalue weighted by Gasteiger charge is -2.25. The molecule has 10 heteroatoms. The first-order valence-corrected chi connectivity index (χ1v) is 11.3. The van der Waals surface area contributed by atoms with Gasteiger partial charge in [-0.25, -0.2) is 16.8 Å². The third-order valence-corrected chi connectivity index (χ3v) is 8.94. The molecule has 1 N–H and O–H groups in total. The fourth-order valence-electron chi connectivity index (χ4n) is 1.98. The summed E-state index contributed by atoms with van der Waals surface area (Å²) in [5.41, 5.74) is 0. The van der Waals surface area contributed by atoms with Gasteiger partial charge in [0.05, 0.1) is 15.3 Å². The lowest BCUT2D eigenvalue weighted by Crippen LogP contribution is -2.43. The number of nitrogens with zero attached hydrogens (tertiary/aromatic N) is 1. The van der Waals surface area contributed by atoms with E-state index in [9.17, 15) is 16.8 Å². The average Bonchev–Trinajstić information content (AvgIpc) is 2.78. The summed E-state index contributed by atoms with van der Waals surface area (Å²) in [6, 6.07) is 1.65. The van der Waals surface area contributed by atoms with E-state index < -0.39 is 19.9 Å². The standard InChI is InChI=1S/C11H17BrN2O4S3/c1-2-13-8-9-7-10(11(12)19-9)21(17,18)14-3-5-20(15,16)6-4-14/h7,13H,2-6,8H2,1H3. The Morgan fingerprint density at radius 1 is 1.38 bits per heavy atom. The second-order valence-corrected chi connectivity index (χ2v) is 11.4. The molecule has 1 fully saturated rings. The molecule has 0 atom stereocenters. The molecule has 0 saturated carbocycles. The van der Waals surface area contributed by atoms with E-state index in [1.54, 1.807) is 6.07 Å². The number of nitrogens with one attached hydrogen (secondary N) is 1. The van der Waals surface area contributed by atoms with Gasteiger partial charge in [0.25, 0.3) is 0 Å². The smallest absolute Gasteiger partial charge is 0.245 e. The lowest BCUT2D eigenvalue weighted by atomic mass is 10.4. The summed E-state index contributed by atoms with van der Waals surface area (Å²) in [6.45, 7) is 3.45. The van der Waals surface area contributed by atoms with Crippen LogP contribution in [0, 0.1) is 0 Å². The quantitative estimate of drug-likeness (QED) is 0.774. The van der Waals surface area contributed by atoms with Crippen LogP contribution in [-0.4, -0.2) is 52.3 Å². The monoisotopic (exact) mass is 416 g/mol. The summed E-state index contributed by atoms with van der Waals surface area (Å²) < 4.78 is 49.8. The zero-order chi connectivity index (χ0) is 15.7. The minimum atomic E-state index is -3.64. The van der Waals surface area contributed by atoms with Crippen LogP contribution in [0.2, 0.25) is 0 Å². The summed E-state index contributed by atoms with van der Waals surface area (Å²) >= 11 is 4.68. The predicted molar refractivity (Wildman–Crippen MR) is 86.8 cm³/mol. The molecule has 1 aliphatic heterocycles. The average molecular weight is 417 g/mol. The van der Waals surface area contributed by atoms with Crippen LogP contribution < -0.4 is 5.32 Å². The highest BCUT2D eigenvalue weighted by atomic mass is 79.9. The molecule has 0 aromatic carbocycles. The van der Waals surface area contributed by atoms with Gasteiger partial charge in [-0.2, -0.15) is 4.31 Å². The highest BCUT2D eigenvalue weighted by Crippen LogP contribution is 2.34. The van der Waals surface area contributed by atoms with Gasteiger partial charge in [0, 0.05) is 24.5 Å². The van der Waals surface area contributed by atoms with Crippen molar-refractivity contribution < 1.29 is 16.8 Å². The fourth-order valence-corrected chi connectivity index (χ4v) is 7.46. The van der Waals surface area contributed by atoms with E-state index in [0.29, 0.717) is 10.3 Å². The van der Waals surface area contributed by atoms with Crippen molar-refractivity contribution in [3.05, 3.63) is 14.7 Å². The van der Waals surface area contributed by atoms with E-state index in [-0.39, 0.29) is 29.5 Å². The second kappa shape index (κ2) is 6.63. The van der Waals surface area contributed by atoms with Crippen LogP contribution in [0.4, 0.5) is 0 Å². The number of hydrogen-bond acceptors (Lipinski definition) is 6. The Morgan fingerprint density at radius 2 is 2.00 bits per heavy atom. The summed E-state index contributed by atoms with van der Waals surface area (Å²) in [4.78, 5) is 1.15. The highest BCUT2D eigenvalue weighted by Gasteiger charge is 2.33.